The molecule has 2 heterocycles. The van der Waals surface area contributed by atoms with Gasteiger partial charge in [-0.25, -0.2) is 4.79 Å². The molecule has 8 heteroatoms. The van der Waals surface area contributed by atoms with Crippen LogP contribution >= 0.6 is 23.2 Å². The Balaban J connectivity index is 1.77. The van der Waals surface area contributed by atoms with Crippen molar-refractivity contribution in [3.05, 3.63) is 69.2 Å². The number of aliphatic imine (C=N–C) groups is 1. The summed E-state index contributed by atoms with van der Waals surface area (Å²) in [5.74, 6) is -0.457. The van der Waals surface area contributed by atoms with Gasteiger partial charge in [0.25, 0.3) is 5.91 Å². The van der Waals surface area contributed by atoms with Crippen LogP contribution in [-0.2, 0) is 9.53 Å². The standard InChI is InChI=1S/C35H47Cl2N3O3/c1-23(2)43-32(42)25-11-9-24(10-12-25)29(13-14-33(3,4)5)40-31(41)30(26-19-27(36)21-28(37)20-26)38-35(40)15-17-39(18-16-35)22-34(6,7)8/h9-12,19-21,23,29H,13-18,22H2,1-8H3/t29-/m1/s1. The van der Waals surface area contributed by atoms with Crippen LogP contribution in [0.25, 0.3) is 0 Å². The fourth-order valence-corrected chi connectivity index (χ4v) is 6.68. The number of hydrogen-bond acceptors (Lipinski definition) is 5. The van der Waals surface area contributed by atoms with Crippen molar-refractivity contribution in [3.8, 4) is 0 Å². The van der Waals surface area contributed by atoms with Crippen molar-refractivity contribution < 1.29 is 14.3 Å². The van der Waals surface area contributed by atoms with Crippen LogP contribution in [0.4, 0.5) is 0 Å². The van der Waals surface area contributed by atoms with Gasteiger partial charge in [-0.05, 0) is 73.4 Å². The molecule has 1 saturated heterocycles. The lowest BCUT2D eigenvalue weighted by Gasteiger charge is -2.47. The third kappa shape index (κ3) is 8.40. The topological polar surface area (TPSA) is 62.2 Å². The van der Waals surface area contributed by atoms with Crippen molar-refractivity contribution in [3.63, 3.8) is 0 Å². The second-order valence-electron chi connectivity index (χ2n) is 14.8. The van der Waals surface area contributed by atoms with Gasteiger partial charge in [-0.3, -0.25) is 9.79 Å². The fraction of sp³-hybridized carbons (Fsp3) is 0.571. The lowest BCUT2D eigenvalue weighted by Crippen LogP contribution is -2.55. The molecular weight excluding hydrogens is 581 g/mol. The van der Waals surface area contributed by atoms with E-state index in [-0.39, 0.29) is 34.9 Å². The number of carbonyl (C=O) groups excluding carboxylic acids is 2. The molecule has 43 heavy (non-hydrogen) atoms. The van der Waals surface area contributed by atoms with Crippen LogP contribution in [0.15, 0.2) is 47.5 Å². The lowest BCUT2D eigenvalue weighted by atomic mass is 9.84. The van der Waals surface area contributed by atoms with Crippen molar-refractivity contribution in [2.75, 3.05) is 19.6 Å². The summed E-state index contributed by atoms with van der Waals surface area (Å²) in [6.07, 6.45) is 2.93. The second kappa shape index (κ2) is 12.9. The van der Waals surface area contributed by atoms with Crippen molar-refractivity contribution in [1.82, 2.24) is 9.80 Å². The Morgan fingerprint density at radius 2 is 1.53 bits per heavy atom. The van der Waals surface area contributed by atoms with Gasteiger partial charge in [0.05, 0.1) is 17.7 Å². The average Bonchev–Trinajstić information content (AvgIpc) is 3.15. The SMILES string of the molecule is CC(C)OC(=O)c1ccc([C@@H](CCC(C)(C)C)N2C(=O)C(c3cc(Cl)cc(Cl)c3)=NC23CCN(CC(C)(C)C)CC3)cc1. The Hall–Kier alpha value is -2.41. The molecule has 0 unspecified atom stereocenters. The number of amides is 1. The van der Waals surface area contributed by atoms with Gasteiger partial charge in [0.15, 0.2) is 0 Å². The first-order valence-corrected chi connectivity index (χ1v) is 16.2. The summed E-state index contributed by atoms with van der Waals surface area (Å²) in [6, 6.07) is 12.5. The fourth-order valence-electron chi connectivity index (χ4n) is 6.15. The molecule has 1 atom stereocenters. The molecule has 0 bridgehead atoms. The Labute approximate surface area is 267 Å². The molecule has 0 N–H and O–H groups in total. The zero-order valence-electron chi connectivity index (χ0n) is 27.0. The zero-order valence-corrected chi connectivity index (χ0v) is 28.5. The molecule has 2 aliphatic heterocycles. The predicted octanol–water partition coefficient (Wildman–Crippen LogP) is 8.60. The first kappa shape index (κ1) is 33.5. The van der Waals surface area contributed by atoms with E-state index in [1.807, 2.05) is 43.0 Å². The summed E-state index contributed by atoms with van der Waals surface area (Å²) in [5, 5.41) is 0.942. The monoisotopic (exact) mass is 627 g/mol. The highest BCUT2D eigenvalue weighted by Crippen LogP contribution is 2.45. The Morgan fingerprint density at radius 1 is 0.953 bits per heavy atom. The molecule has 1 fully saturated rings. The minimum atomic E-state index is -0.687. The zero-order chi connectivity index (χ0) is 31.7. The van der Waals surface area contributed by atoms with Gasteiger partial charge in [0.1, 0.15) is 11.4 Å². The Morgan fingerprint density at radius 3 is 2.05 bits per heavy atom. The number of likely N-dealkylation sites (tertiary alicyclic amines) is 1. The number of benzene rings is 2. The minimum Gasteiger partial charge on any atom is -0.459 e. The molecule has 0 saturated carbocycles. The van der Waals surface area contributed by atoms with Gasteiger partial charge in [-0.15, -0.1) is 0 Å². The van der Waals surface area contributed by atoms with Crippen molar-refractivity contribution in [2.24, 2.45) is 15.8 Å². The first-order chi connectivity index (χ1) is 20.0. The Kier molecular flexibility index (Phi) is 10.0. The number of piperidine rings is 1. The summed E-state index contributed by atoms with van der Waals surface area (Å²) in [6.45, 7) is 19.8. The van der Waals surface area contributed by atoms with Gasteiger partial charge >= 0.3 is 5.97 Å². The quantitative estimate of drug-likeness (QED) is 0.275. The van der Waals surface area contributed by atoms with Gasteiger partial charge in [-0.2, -0.15) is 0 Å². The van der Waals surface area contributed by atoms with E-state index in [1.165, 1.54) is 0 Å². The van der Waals surface area contributed by atoms with Gasteiger partial charge in [0.2, 0.25) is 0 Å². The van der Waals surface area contributed by atoms with E-state index < -0.39 is 5.66 Å². The molecule has 234 valence electrons. The van der Waals surface area contributed by atoms with Crippen LogP contribution in [0.1, 0.15) is 109 Å². The van der Waals surface area contributed by atoms with E-state index in [0.29, 0.717) is 26.9 Å². The van der Waals surface area contributed by atoms with E-state index in [1.54, 1.807) is 18.2 Å². The number of esters is 1. The highest BCUT2D eigenvalue weighted by molar-refractivity contribution is 6.47. The minimum absolute atomic E-state index is 0.0649. The van der Waals surface area contributed by atoms with E-state index in [0.717, 1.165) is 50.9 Å². The molecule has 1 amide bonds. The predicted molar refractivity (Wildman–Crippen MR) is 176 cm³/mol. The van der Waals surface area contributed by atoms with Crippen molar-refractivity contribution >= 4 is 40.8 Å². The number of halogens is 2. The number of carbonyl (C=O) groups is 2. The number of hydrogen-bond donors (Lipinski definition) is 0. The van der Waals surface area contributed by atoms with Crippen LogP contribution in [-0.4, -0.2) is 58.8 Å². The van der Waals surface area contributed by atoms with Gasteiger partial charge < -0.3 is 14.5 Å². The first-order valence-electron chi connectivity index (χ1n) is 15.4. The van der Waals surface area contributed by atoms with Gasteiger partial charge in [-0.1, -0.05) is 76.9 Å². The summed E-state index contributed by atoms with van der Waals surface area (Å²) in [4.78, 5) is 37.0. The van der Waals surface area contributed by atoms with Crippen LogP contribution in [0, 0.1) is 10.8 Å². The molecule has 0 aromatic heterocycles. The summed E-state index contributed by atoms with van der Waals surface area (Å²) in [5.41, 5.74) is 2.08. The van der Waals surface area contributed by atoms with E-state index in [2.05, 4.69) is 46.4 Å². The van der Waals surface area contributed by atoms with Crippen LogP contribution in [0.5, 0.6) is 0 Å². The molecule has 0 aliphatic carbocycles. The number of ether oxygens (including phenoxy) is 1. The number of nitrogens with zero attached hydrogens (tertiary/aromatic N) is 3. The molecule has 2 aliphatic rings. The van der Waals surface area contributed by atoms with E-state index in [4.69, 9.17) is 32.9 Å². The molecule has 2 aromatic carbocycles. The third-order valence-electron chi connectivity index (χ3n) is 8.03. The lowest BCUT2D eigenvalue weighted by molar-refractivity contribution is -0.134. The molecule has 2 aromatic rings. The Bertz CT molecular complexity index is 1330. The summed E-state index contributed by atoms with van der Waals surface area (Å²) < 4.78 is 5.41. The van der Waals surface area contributed by atoms with E-state index in [9.17, 15) is 9.59 Å². The largest absolute Gasteiger partial charge is 0.459 e. The maximum Gasteiger partial charge on any atom is 0.338 e. The highest BCUT2D eigenvalue weighted by atomic mass is 35.5. The van der Waals surface area contributed by atoms with Crippen LogP contribution in [0.2, 0.25) is 10.0 Å². The second-order valence-corrected chi connectivity index (χ2v) is 15.7. The van der Waals surface area contributed by atoms with Crippen molar-refractivity contribution in [1.29, 1.82) is 0 Å². The van der Waals surface area contributed by atoms with Crippen LogP contribution in [0.3, 0.4) is 0 Å². The summed E-state index contributed by atoms with van der Waals surface area (Å²) >= 11 is 12.8. The average molecular weight is 629 g/mol. The molecule has 4 rings (SSSR count). The van der Waals surface area contributed by atoms with Crippen LogP contribution < -0.4 is 0 Å². The summed E-state index contributed by atoms with van der Waals surface area (Å²) in [7, 11) is 0. The van der Waals surface area contributed by atoms with Crippen molar-refractivity contribution in [2.45, 2.75) is 98.9 Å². The molecule has 0 radical (unpaired) electrons. The normalized spacial score (nSPS) is 18.3. The smallest absolute Gasteiger partial charge is 0.338 e. The highest BCUT2D eigenvalue weighted by Gasteiger charge is 2.52. The van der Waals surface area contributed by atoms with E-state index >= 15 is 0 Å². The van der Waals surface area contributed by atoms with Gasteiger partial charge in [0, 0.05) is 48.1 Å². The molecule has 6 nitrogen and oxygen atoms in total. The maximum absolute atomic E-state index is 14.6. The molecule has 1 spiro atoms. The maximum atomic E-state index is 14.6. The number of rotatable bonds is 8. The molecular formula is C35H47Cl2N3O3. The third-order valence-corrected chi connectivity index (χ3v) is 8.47.